The minimum atomic E-state index is -1.49. The van der Waals surface area contributed by atoms with Crippen molar-refractivity contribution in [3.63, 3.8) is 0 Å². The van der Waals surface area contributed by atoms with Crippen LogP contribution in [0.1, 0.15) is 21.6 Å². The molecule has 1 amide bonds. The summed E-state index contributed by atoms with van der Waals surface area (Å²) < 4.78 is 56.5. The molecule has 0 saturated carbocycles. The van der Waals surface area contributed by atoms with Crippen LogP contribution in [0, 0.1) is 30.2 Å². The molecule has 0 aliphatic carbocycles. The second-order valence-corrected chi connectivity index (χ2v) is 5.60. The van der Waals surface area contributed by atoms with Gasteiger partial charge in [0.05, 0.1) is 23.4 Å². The lowest BCUT2D eigenvalue weighted by molar-refractivity contribution is 0.102. The summed E-state index contributed by atoms with van der Waals surface area (Å²) in [7, 11) is 1.67. The van der Waals surface area contributed by atoms with Crippen molar-refractivity contribution in [2.24, 2.45) is 7.05 Å². The van der Waals surface area contributed by atoms with Gasteiger partial charge in [-0.1, -0.05) is 0 Å². The summed E-state index contributed by atoms with van der Waals surface area (Å²) in [6.07, 6.45) is 2.84. The number of aryl methyl sites for hydroxylation is 2. The van der Waals surface area contributed by atoms with Crippen LogP contribution in [-0.2, 0) is 13.6 Å². The van der Waals surface area contributed by atoms with Crippen molar-refractivity contribution in [3.8, 4) is 0 Å². The molecule has 0 fully saturated rings. The van der Waals surface area contributed by atoms with Gasteiger partial charge in [0.2, 0.25) is 0 Å². The lowest BCUT2D eigenvalue weighted by Gasteiger charge is -2.07. The number of rotatable bonds is 4. The third kappa shape index (κ3) is 3.30. The first-order chi connectivity index (χ1) is 12.3. The van der Waals surface area contributed by atoms with Gasteiger partial charge in [-0.05, 0) is 6.92 Å². The van der Waals surface area contributed by atoms with Crippen molar-refractivity contribution in [1.29, 1.82) is 0 Å². The zero-order valence-corrected chi connectivity index (χ0v) is 13.7. The van der Waals surface area contributed by atoms with Gasteiger partial charge in [0.15, 0.2) is 29.1 Å². The number of nitrogens with one attached hydrogen (secondary N) is 1. The lowest BCUT2D eigenvalue weighted by Crippen LogP contribution is -2.14. The fourth-order valence-electron chi connectivity index (χ4n) is 2.45. The third-order valence-corrected chi connectivity index (χ3v) is 3.66. The molecule has 6 nitrogen and oxygen atoms in total. The fraction of sp³-hybridized carbons (Fsp3) is 0.188. The van der Waals surface area contributed by atoms with Crippen molar-refractivity contribution in [2.45, 2.75) is 13.5 Å². The zero-order valence-electron chi connectivity index (χ0n) is 13.7. The Labute approximate surface area is 145 Å². The van der Waals surface area contributed by atoms with Crippen molar-refractivity contribution in [1.82, 2.24) is 19.6 Å². The number of benzene rings is 1. The summed E-state index contributed by atoms with van der Waals surface area (Å²) in [6, 6.07) is 1.52. The normalized spacial score (nSPS) is 11.0. The Balaban J connectivity index is 1.79. The van der Waals surface area contributed by atoms with Crippen LogP contribution in [0.5, 0.6) is 0 Å². The molecule has 136 valence electrons. The highest BCUT2D eigenvalue weighted by Crippen LogP contribution is 2.20. The number of halogens is 4. The minimum absolute atomic E-state index is 0.107. The molecule has 0 saturated heterocycles. The Kier molecular flexibility index (Phi) is 4.49. The van der Waals surface area contributed by atoms with E-state index in [4.69, 9.17) is 0 Å². The maximum Gasteiger partial charge on any atom is 0.260 e. The van der Waals surface area contributed by atoms with Crippen LogP contribution in [0.3, 0.4) is 0 Å². The molecule has 0 atom stereocenters. The van der Waals surface area contributed by atoms with Crippen molar-refractivity contribution in [2.75, 3.05) is 5.32 Å². The average molecular weight is 367 g/mol. The second-order valence-electron chi connectivity index (χ2n) is 5.60. The average Bonchev–Trinajstić information content (AvgIpc) is 3.15. The second kappa shape index (κ2) is 6.62. The molecule has 0 aliphatic heterocycles. The van der Waals surface area contributed by atoms with E-state index in [9.17, 15) is 22.4 Å². The Bertz CT molecular complexity index is 969. The maximum atomic E-state index is 13.7. The first-order valence-corrected chi connectivity index (χ1v) is 7.43. The molecule has 2 aromatic heterocycles. The summed E-state index contributed by atoms with van der Waals surface area (Å²) in [5.74, 6) is -6.32. The van der Waals surface area contributed by atoms with Crippen LogP contribution in [-0.4, -0.2) is 25.5 Å². The van der Waals surface area contributed by atoms with Crippen LogP contribution in [0.2, 0.25) is 0 Å². The molecule has 26 heavy (non-hydrogen) atoms. The minimum Gasteiger partial charge on any atom is -0.305 e. The van der Waals surface area contributed by atoms with E-state index < -0.39 is 41.3 Å². The van der Waals surface area contributed by atoms with Crippen LogP contribution in [0.15, 0.2) is 24.5 Å². The number of amides is 1. The number of carbonyl (C=O) groups is 1. The lowest BCUT2D eigenvalue weighted by atomic mass is 10.2. The number of carbonyl (C=O) groups excluding carboxylic acids is 1. The van der Waals surface area contributed by atoms with E-state index in [1.807, 2.05) is 0 Å². The van der Waals surface area contributed by atoms with Gasteiger partial charge < -0.3 is 5.32 Å². The molecular formula is C16H13F4N5O. The Hall–Kier alpha value is -3.17. The topological polar surface area (TPSA) is 64.7 Å². The van der Waals surface area contributed by atoms with E-state index >= 15 is 0 Å². The Morgan fingerprint density at radius 2 is 1.81 bits per heavy atom. The summed E-state index contributed by atoms with van der Waals surface area (Å²) in [5.41, 5.74) is 0.0572. The Morgan fingerprint density at radius 3 is 2.38 bits per heavy atom. The SMILES string of the molecule is Cc1nn(C)cc1C(=O)Nc1ccn(Cc2c(F)c(F)cc(F)c2F)n1. The number of hydrogen-bond donors (Lipinski definition) is 1. The highest BCUT2D eigenvalue weighted by atomic mass is 19.2. The van der Waals surface area contributed by atoms with E-state index in [1.54, 1.807) is 14.0 Å². The summed E-state index contributed by atoms with van der Waals surface area (Å²) in [4.78, 5) is 12.2. The monoisotopic (exact) mass is 367 g/mol. The van der Waals surface area contributed by atoms with Crippen LogP contribution >= 0.6 is 0 Å². The van der Waals surface area contributed by atoms with Gasteiger partial charge in [0.1, 0.15) is 0 Å². The molecule has 0 spiro atoms. The predicted molar refractivity (Wildman–Crippen MR) is 83.5 cm³/mol. The number of aromatic nitrogens is 4. The Morgan fingerprint density at radius 1 is 1.15 bits per heavy atom. The molecule has 0 unspecified atom stereocenters. The van der Waals surface area contributed by atoms with Gasteiger partial charge in [-0.25, -0.2) is 17.6 Å². The molecule has 0 aliphatic rings. The van der Waals surface area contributed by atoms with Crippen LogP contribution < -0.4 is 5.32 Å². The molecule has 1 aromatic carbocycles. The quantitative estimate of drug-likeness (QED) is 0.570. The van der Waals surface area contributed by atoms with E-state index in [0.717, 1.165) is 4.68 Å². The molecule has 10 heteroatoms. The highest BCUT2D eigenvalue weighted by Gasteiger charge is 2.20. The molecule has 2 heterocycles. The zero-order chi connectivity index (χ0) is 19.0. The predicted octanol–water partition coefficient (Wildman–Crippen LogP) is 2.78. The van der Waals surface area contributed by atoms with Gasteiger partial charge in [0.25, 0.3) is 5.91 Å². The third-order valence-electron chi connectivity index (χ3n) is 3.66. The first-order valence-electron chi connectivity index (χ1n) is 7.43. The summed E-state index contributed by atoms with van der Waals surface area (Å²) in [5, 5.41) is 10.5. The van der Waals surface area contributed by atoms with Gasteiger partial charge in [-0.2, -0.15) is 10.2 Å². The van der Waals surface area contributed by atoms with E-state index in [0.29, 0.717) is 11.3 Å². The summed E-state index contributed by atoms with van der Waals surface area (Å²) >= 11 is 0. The molecule has 0 radical (unpaired) electrons. The summed E-state index contributed by atoms with van der Waals surface area (Å²) in [6.45, 7) is 1.12. The smallest absolute Gasteiger partial charge is 0.260 e. The fourth-order valence-corrected chi connectivity index (χ4v) is 2.45. The van der Waals surface area contributed by atoms with E-state index in [2.05, 4.69) is 15.5 Å². The molecule has 0 bridgehead atoms. The van der Waals surface area contributed by atoms with Gasteiger partial charge in [0, 0.05) is 31.6 Å². The largest absolute Gasteiger partial charge is 0.305 e. The van der Waals surface area contributed by atoms with Gasteiger partial charge in [-0.3, -0.25) is 14.2 Å². The van der Waals surface area contributed by atoms with Gasteiger partial charge in [-0.15, -0.1) is 0 Å². The molecule has 3 aromatic rings. The number of nitrogens with zero attached hydrogens (tertiary/aromatic N) is 4. The van der Waals surface area contributed by atoms with Crippen molar-refractivity contribution in [3.05, 3.63) is 64.6 Å². The van der Waals surface area contributed by atoms with Crippen molar-refractivity contribution < 1.29 is 22.4 Å². The van der Waals surface area contributed by atoms with Gasteiger partial charge >= 0.3 is 0 Å². The molecular weight excluding hydrogens is 354 g/mol. The standard InChI is InChI=1S/C16H13F4N5O/c1-8-9(6-24(2)22-8)16(26)21-13-3-4-25(23-13)7-10-14(19)11(17)5-12(18)15(10)20/h3-6H,7H2,1-2H3,(H,21,23,26). The van der Waals surface area contributed by atoms with Crippen molar-refractivity contribution >= 4 is 11.7 Å². The molecule has 3 rings (SSSR count). The van der Waals surface area contributed by atoms with Crippen LogP contribution in [0.4, 0.5) is 23.4 Å². The molecule has 1 N–H and O–H groups in total. The van der Waals surface area contributed by atoms with Crippen LogP contribution in [0.25, 0.3) is 0 Å². The van der Waals surface area contributed by atoms with E-state index in [-0.39, 0.29) is 11.9 Å². The highest BCUT2D eigenvalue weighted by molar-refractivity contribution is 6.04. The number of hydrogen-bond acceptors (Lipinski definition) is 3. The first kappa shape index (κ1) is 17.6. The maximum absolute atomic E-state index is 13.7. The number of anilines is 1. The van der Waals surface area contributed by atoms with E-state index in [1.165, 1.54) is 23.1 Å².